The molecule has 0 saturated heterocycles. The molecule has 1 aromatic rings. The third-order valence-corrected chi connectivity index (χ3v) is 4.29. The fourth-order valence-corrected chi connectivity index (χ4v) is 2.57. The number of nitrogens with zero attached hydrogens (tertiary/aromatic N) is 1. The second-order valence-corrected chi connectivity index (χ2v) is 5.78. The molecule has 1 aliphatic carbocycles. The van der Waals surface area contributed by atoms with E-state index in [1.165, 1.54) is 31.2 Å². The quantitative estimate of drug-likeness (QED) is 0.836. The van der Waals surface area contributed by atoms with Gasteiger partial charge in [-0.15, -0.1) is 0 Å². The zero-order chi connectivity index (χ0) is 12.5. The Balaban J connectivity index is 2.08. The number of aromatic nitrogens is 1. The van der Waals surface area contributed by atoms with Crippen LogP contribution in [-0.2, 0) is 6.42 Å². The third kappa shape index (κ3) is 2.62. The normalized spacial score (nSPS) is 17.4. The smallest absolute Gasteiger partial charge is 0.0660 e. The molecular formula is C15H24N2. The molecule has 1 fully saturated rings. The molecule has 1 heterocycles. The average Bonchev–Trinajstić information content (AvgIpc) is 3.08. The van der Waals surface area contributed by atoms with Crippen molar-refractivity contribution >= 4 is 5.69 Å². The van der Waals surface area contributed by atoms with Crippen LogP contribution in [0.25, 0.3) is 0 Å². The highest BCUT2D eigenvalue weighted by Crippen LogP contribution is 2.52. The molecule has 2 heteroatoms. The summed E-state index contributed by atoms with van der Waals surface area (Å²) >= 11 is 0. The predicted octanol–water partition coefficient (Wildman–Crippen LogP) is 3.91. The van der Waals surface area contributed by atoms with Gasteiger partial charge in [0.15, 0.2) is 0 Å². The minimum Gasteiger partial charge on any atom is -0.397 e. The van der Waals surface area contributed by atoms with Gasteiger partial charge < -0.3 is 5.73 Å². The van der Waals surface area contributed by atoms with Crippen LogP contribution in [0.2, 0.25) is 0 Å². The Morgan fingerprint density at radius 3 is 2.65 bits per heavy atom. The molecule has 94 valence electrons. The van der Waals surface area contributed by atoms with Crippen molar-refractivity contribution in [2.45, 2.75) is 58.8 Å². The molecule has 1 aromatic heterocycles. The van der Waals surface area contributed by atoms with Crippen molar-refractivity contribution in [2.75, 3.05) is 5.73 Å². The van der Waals surface area contributed by atoms with Crippen molar-refractivity contribution in [1.82, 2.24) is 4.98 Å². The van der Waals surface area contributed by atoms with Crippen LogP contribution in [0.1, 0.15) is 63.6 Å². The maximum Gasteiger partial charge on any atom is 0.0660 e. The Bertz CT molecular complexity index is 392. The van der Waals surface area contributed by atoms with Crippen molar-refractivity contribution in [2.24, 2.45) is 5.41 Å². The molecule has 0 atom stereocenters. The molecule has 0 radical (unpaired) electrons. The van der Waals surface area contributed by atoms with Gasteiger partial charge in [-0.2, -0.15) is 0 Å². The molecule has 0 unspecified atom stereocenters. The molecule has 2 rings (SSSR count). The fourth-order valence-electron chi connectivity index (χ4n) is 2.57. The van der Waals surface area contributed by atoms with Crippen molar-refractivity contribution in [3.8, 4) is 0 Å². The average molecular weight is 232 g/mol. The van der Waals surface area contributed by atoms with E-state index in [2.05, 4.69) is 31.8 Å². The summed E-state index contributed by atoms with van der Waals surface area (Å²) in [6.07, 6.45) is 8.44. The fraction of sp³-hybridized carbons (Fsp3) is 0.667. The first-order chi connectivity index (χ1) is 8.08. The van der Waals surface area contributed by atoms with Crippen LogP contribution in [0.15, 0.2) is 12.3 Å². The zero-order valence-corrected chi connectivity index (χ0v) is 11.3. The number of aryl methyl sites for hydroxylation is 1. The van der Waals surface area contributed by atoms with E-state index in [1.54, 1.807) is 0 Å². The molecule has 0 aliphatic heterocycles. The van der Waals surface area contributed by atoms with Crippen LogP contribution in [0.5, 0.6) is 0 Å². The molecule has 0 aromatic carbocycles. The number of rotatable bonds is 5. The van der Waals surface area contributed by atoms with Gasteiger partial charge >= 0.3 is 0 Å². The van der Waals surface area contributed by atoms with E-state index in [9.17, 15) is 0 Å². The van der Waals surface area contributed by atoms with E-state index in [0.717, 1.165) is 17.8 Å². The van der Waals surface area contributed by atoms with Crippen molar-refractivity contribution in [1.29, 1.82) is 0 Å². The number of hydrogen-bond acceptors (Lipinski definition) is 2. The zero-order valence-electron chi connectivity index (χ0n) is 11.3. The second kappa shape index (κ2) is 4.67. The van der Waals surface area contributed by atoms with Crippen LogP contribution in [0, 0.1) is 5.41 Å². The minimum atomic E-state index is 0.413. The molecule has 1 saturated carbocycles. The summed E-state index contributed by atoms with van der Waals surface area (Å²) in [5.74, 6) is 0.413. The standard InChI is InChI=1S/C15H24N2/c1-4-15(8-9-15)7-5-12-6-10-17-14(11(2)3)13(12)16/h6,10-11H,4-5,7-9,16H2,1-3H3. The van der Waals surface area contributed by atoms with Gasteiger partial charge in [-0.05, 0) is 48.6 Å². The van der Waals surface area contributed by atoms with Crippen molar-refractivity contribution in [3.63, 3.8) is 0 Å². The van der Waals surface area contributed by atoms with Gasteiger partial charge in [0.1, 0.15) is 0 Å². The summed E-state index contributed by atoms with van der Waals surface area (Å²) in [5.41, 5.74) is 10.1. The van der Waals surface area contributed by atoms with Crippen LogP contribution in [0.3, 0.4) is 0 Å². The third-order valence-electron chi connectivity index (χ3n) is 4.29. The number of hydrogen-bond donors (Lipinski definition) is 1. The molecular weight excluding hydrogens is 208 g/mol. The molecule has 2 N–H and O–H groups in total. The van der Waals surface area contributed by atoms with E-state index in [4.69, 9.17) is 5.73 Å². The summed E-state index contributed by atoms with van der Waals surface area (Å²) in [6, 6.07) is 2.09. The number of nitrogens with two attached hydrogens (primary N) is 1. The number of nitrogen functional groups attached to an aromatic ring is 1. The lowest BCUT2D eigenvalue weighted by molar-refractivity contribution is 0.450. The first kappa shape index (κ1) is 12.4. The first-order valence-electron chi connectivity index (χ1n) is 6.81. The Hall–Kier alpha value is -1.05. The molecule has 0 amide bonds. The predicted molar refractivity (Wildman–Crippen MR) is 73.0 cm³/mol. The highest BCUT2D eigenvalue weighted by molar-refractivity contribution is 5.51. The second-order valence-electron chi connectivity index (χ2n) is 5.78. The molecule has 0 spiro atoms. The molecule has 0 bridgehead atoms. The van der Waals surface area contributed by atoms with Gasteiger partial charge in [-0.1, -0.05) is 27.2 Å². The number of pyridine rings is 1. The van der Waals surface area contributed by atoms with Crippen LogP contribution in [0.4, 0.5) is 5.69 Å². The van der Waals surface area contributed by atoms with Crippen LogP contribution >= 0.6 is 0 Å². The van der Waals surface area contributed by atoms with E-state index in [-0.39, 0.29) is 0 Å². The van der Waals surface area contributed by atoms with Gasteiger partial charge in [0.2, 0.25) is 0 Å². The Morgan fingerprint density at radius 1 is 1.41 bits per heavy atom. The Morgan fingerprint density at radius 2 is 2.12 bits per heavy atom. The summed E-state index contributed by atoms with van der Waals surface area (Å²) in [5, 5.41) is 0. The van der Waals surface area contributed by atoms with Gasteiger partial charge in [0.25, 0.3) is 0 Å². The Labute approximate surface area is 105 Å². The molecule has 17 heavy (non-hydrogen) atoms. The summed E-state index contributed by atoms with van der Waals surface area (Å²) in [7, 11) is 0. The van der Waals surface area contributed by atoms with E-state index < -0.39 is 0 Å². The monoisotopic (exact) mass is 232 g/mol. The van der Waals surface area contributed by atoms with E-state index in [0.29, 0.717) is 11.3 Å². The van der Waals surface area contributed by atoms with Crippen molar-refractivity contribution in [3.05, 3.63) is 23.5 Å². The van der Waals surface area contributed by atoms with Gasteiger partial charge in [0, 0.05) is 6.20 Å². The SMILES string of the molecule is CCC1(CCc2ccnc(C(C)C)c2N)CC1. The van der Waals surface area contributed by atoms with Crippen molar-refractivity contribution < 1.29 is 0 Å². The maximum absolute atomic E-state index is 6.21. The lowest BCUT2D eigenvalue weighted by atomic mass is 9.93. The summed E-state index contributed by atoms with van der Waals surface area (Å²) in [6.45, 7) is 6.61. The minimum absolute atomic E-state index is 0.413. The van der Waals surface area contributed by atoms with Gasteiger partial charge in [-0.25, -0.2) is 0 Å². The Kier molecular flexibility index (Phi) is 3.41. The lowest BCUT2D eigenvalue weighted by Gasteiger charge is -2.15. The highest BCUT2D eigenvalue weighted by atomic mass is 14.7. The van der Waals surface area contributed by atoms with Gasteiger partial charge in [-0.3, -0.25) is 4.98 Å². The lowest BCUT2D eigenvalue weighted by Crippen LogP contribution is -2.06. The molecule has 2 nitrogen and oxygen atoms in total. The van der Waals surface area contributed by atoms with Crippen LogP contribution < -0.4 is 5.73 Å². The molecule has 1 aliphatic rings. The number of anilines is 1. The summed E-state index contributed by atoms with van der Waals surface area (Å²) in [4.78, 5) is 4.39. The largest absolute Gasteiger partial charge is 0.397 e. The highest BCUT2D eigenvalue weighted by Gasteiger charge is 2.39. The topological polar surface area (TPSA) is 38.9 Å². The maximum atomic E-state index is 6.21. The van der Waals surface area contributed by atoms with Gasteiger partial charge in [0.05, 0.1) is 11.4 Å². The van der Waals surface area contributed by atoms with E-state index >= 15 is 0 Å². The van der Waals surface area contributed by atoms with Crippen LogP contribution in [-0.4, -0.2) is 4.98 Å². The first-order valence-corrected chi connectivity index (χ1v) is 6.81. The summed E-state index contributed by atoms with van der Waals surface area (Å²) < 4.78 is 0. The van der Waals surface area contributed by atoms with E-state index in [1.807, 2.05) is 6.20 Å².